The molecule has 1 amide bonds. The molecule has 8 heteroatoms. The first-order valence-electron chi connectivity index (χ1n) is 8.12. The maximum absolute atomic E-state index is 13.2. The van der Waals surface area contributed by atoms with Crippen LogP contribution in [0, 0.1) is 18.7 Å². The van der Waals surface area contributed by atoms with Crippen LogP contribution < -0.4 is 5.32 Å². The van der Waals surface area contributed by atoms with Crippen LogP contribution in [0.25, 0.3) is 5.69 Å². The monoisotopic (exact) mass is 340 g/mol. The SMILES string of the molecule is Cc1cc(F)ccc1-n1ccc(NC(=O)C2CCc3n[nH]nc3C2)n1. The number of hydrogen-bond acceptors (Lipinski definition) is 4. The van der Waals surface area contributed by atoms with E-state index in [4.69, 9.17) is 0 Å². The van der Waals surface area contributed by atoms with Crippen molar-refractivity contribution in [1.82, 2.24) is 25.2 Å². The molecule has 2 N–H and O–H groups in total. The van der Waals surface area contributed by atoms with Crippen molar-refractivity contribution in [3.63, 3.8) is 0 Å². The maximum atomic E-state index is 13.2. The molecule has 3 aromatic rings. The van der Waals surface area contributed by atoms with Crippen LogP contribution in [0.4, 0.5) is 10.2 Å². The number of hydrogen-bond donors (Lipinski definition) is 2. The van der Waals surface area contributed by atoms with Crippen LogP contribution in [0.3, 0.4) is 0 Å². The van der Waals surface area contributed by atoms with E-state index in [1.807, 2.05) is 6.92 Å². The van der Waals surface area contributed by atoms with Crippen LogP contribution >= 0.6 is 0 Å². The minimum absolute atomic E-state index is 0.0743. The number of anilines is 1. The van der Waals surface area contributed by atoms with Gasteiger partial charge in [0.2, 0.25) is 5.91 Å². The van der Waals surface area contributed by atoms with Crippen molar-refractivity contribution < 1.29 is 9.18 Å². The molecular weight excluding hydrogens is 323 g/mol. The van der Waals surface area contributed by atoms with E-state index in [2.05, 4.69) is 25.8 Å². The molecule has 1 unspecified atom stereocenters. The van der Waals surface area contributed by atoms with E-state index in [9.17, 15) is 9.18 Å². The Kier molecular flexibility index (Phi) is 3.79. The fourth-order valence-electron chi connectivity index (χ4n) is 3.14. The van der Waals surface area contributed by atoms with Gasteiger partial charge in [0, 0.05) is 24.6 Å². The molecule has 4 rings (SSSR count). The summed E-state index contributed by atoms with van der Waals surface area (Å²) in [6.45, 7) is 1.82. The largest absolute Gasteiger partial charge is 0.309 e. The van der Waals surface area contributed by atoms with E-state index < -0.39 is 0 Å². The van der Waals surface area contributed by atoms with Gasteiger partial charge >= 0.3 is 0 Å². The summed E-state index contributed by atoms with van der Waals surface area (Å²) in [6.07, 6.45) is 3.80. The smallest absolute Gasteiger partial charge is 0.229 e. The molecule has 7 nitrogen and oxygen atoms in total. The number of carbonyl (C=O) groups is 1. The lowest BCUT2D eigenvalue weighted by Gasteiger charge is -2.18. The first-order chi connectivity index (χ1) is 12.1. The number of nitrogens with zero attached hydrogens (tertiary/aromatic N) is 4. The number of aromatic nitrogens is 5. The van der Waals surface area contributed by atoms with Crippen molar-refractivity contribution in [2.45, 2.75) is 26.2 Å². The minimum Gasteiger partial charge on any atom is -0.309 e. The number of carbonyl (C=O) groups excluding carboxylic acids is 1. The zero-order valence-corrected chi connectivity index (χ0v) is 13.7. The molecular formula is C17H17FN6O. The Morgan fingerprint density at radius 2 is 2.16 bits per heavy atom. The Hall–Kier alpha value is -3.03. The van der Waals surface area contributed by atoms with Crippen LogP contribution in [0.2, 0.25) is 0 Å². The quantitative estimate of drug-likeness (QED) is 0.765. The number of aromatic amines is 1. The zero-order valence-electron chi connectivity index (χ0n) is 13.7. The number of rotatable bonds is 3. The van der Waals surface area contributed by atoms with Gasteiger partial charge in [-0.2, -0.15) is 20.5 Å². The third-order valence-electron chi connectivity index (χ3n) is 4.49. The summed E-state index contributed by atoms with van der Waals surface area (Å²) in [4.78, 5) is 12.5. The molecule has 0 aliphatic heterocycles. The molecule has 0 saturated carbocycles. The normalized spacial score (nSPS) is 16.5. The zero-order chi connectivity index (χ0) is 17.4. The number of halogens is 1. The van der Waals surface area contributed by atoms with Crippen LogP contribution in [0.5, 0.6) is 0 Å². The number of nitrogens with one attached hydrogen (secondary N) is 2. The number of H-pyrrole nitrogens is 1. The van der Waals surface area contributed by atoms with Crippen molar-refractivity contribution in [3.8, 4) is 5.69 Å². The molecule has 25 heavy (non-hydrogen) atoms. The Balaban J connectivity index is 1.47. The summed E-state index contributed by atoms with van der Waals surface area (Å²) in [6, 6.07) is 6.23. The van der Waals surface area contributed by atoms with Gasteiger partial charge < -0.3 is 5.32 Å². The lowest BCUT2D eigenvalue weighted by Crippen LogP contribution is -2.28. The first kappa shape index (κ1) is 15.5. The lowest BCUT2D eigenvalue weighted by molar-refractivity contribution is -0.120. The first-order valence-corrected chi connectivity index (χ1v) is 8.12. The van der Waals surface area contributed by atoms with Gasteiger partial charge in [-0.15, -0.1) is 0 Å². The van der Waals surface area contributed by atoms with Gasteiger partial charge in [-0.3, -0.25) is 4.79 Å². The summed E-state index contributed by atoms with van der Waals surface area (Å²) in [5, 5.41) is 18.0. The Labute approximate surface area is 143 Å². The van der Waals surface area contributed by atoms with E-state index in [1.54, 1.807) is 23.0 Å². The maximum Gasteiger partial charge on any atom is 0.229 e. The highest BCUT2D eigenvalue weighted by atomic mass is 19.1. The number of benzene rings is 1. The second-order valence-electron chi connectivity index (χ2n) is 6.22. The molecule has 2 heterocycles. The molecule has 128 valence electrons. The van der Waals surface area contributed by atoms with Crippen LogP contribution in [-0.4, -0.2) is 31.1 Å². The van der Waals surface area contributed by atoms with Gasteiger partial charge in [0.15, 0.2) is 5.82 Å². The summed E-state index contributed by atoms with van der Waals surface area (Å²) >= 11 is 0. The second-order valence-corrected chi connectivity index (χ2v) is 6.22. The fourth-order valence-corrected chi connectivity index (χ4v) is 3.14. The number of aryl methyl sites for hydroxylation is 2. The predicted octanol–water partition coefficient (Wildman–Crippen LogP) is 2.18. The molecule has 1 aliphatic rings. The van der Waals surface area contributed by atoms with Crippen LogP contribution in [-0.2, 0) is 17.6 Å². The van der Waals surface area contributed by atoms with Gasteiger partial charge in [-0.1, -0.05) is 0 Å². The Bertz CT molecular complexity index is 931. The third-order valence-corrected chi connectivity index (χ3v) is 4.49. The average molecular weight is 340 g/mol. The van der Waals surface area contributed by atoms with Crippen molar-refractivity contribution in [3.05, 3.63) is 53.2 Å². The van der Waals surface area contributed by atoms with E-state index in [0.29, 0.717) is 12.2 Å². The topological polar surface area (TPSA) is 88.5 Å². The molecule has 1 atom stereocenters. The van der Waals surface area contributed by atoms with E-state index in [0.717, 1.165) is 35.5 Å². The summed E-state index contributed by atoms with van der Waals surface area (Å²) in [5.74, 6) is -0.0313. The summed E-state index contributed by atoms with van der Waals surface area (Å²) in [7, 11) is 0. The van der Waals surface area contributed by atoms with Gasteiger partial charge in [0.1, 0.15) is 5.82 Å². The molecule has 0 spiro atoms. The van der Waals surface area contributed by atoms with Gasteiger partial charge in [-0.25, -0.2) is 9.07 Å². The predicted molar refractivity (Wildman–Crippen MR) is 88.8 cm³/mol. The Morgan fingerprint density at radius 3 is 3.00 bits per heavy atom. The fraction of sp³-hybridized carbons (Fsp3) is 0.294. The van der Waals surface area contributed by atoms with E-state index in [1.165, 1.54) is 12.1 Å². The minimum atomic E-state index is -0.286. The van der Waals surface area contributed by atoms with Crippen molar-refractivity contribution in [2.75, 3.05) is 5.32 Å². The summed E-state index contributed by atoms with van der Waals surface area (Å²) < 4.78 is 14.9. The number of fused-ring (bicyclic) bond motifs is 1. The molecule has 0 saturated heterocycles. The van der Waals surface area contributed by atoms with E-state index >= 15 is 0 Å². The second kappa shape index (κ2) is 6.12. The van der Waals surface area contributed by atoms with Crippen molar-refractivity contribution >= 4 is 11.7 Å². The molecule has 0 radical (unpaired) electrons. The standard InChI is InChI=1S/C17H17FN6O/c1-10-8-12(18)3-5-15(10)24-7-6-16(22-24)19-17(25)11-2-4-13-14(9-11)21-23-20-13/h3,5-8,11H,2,4,9H2,1H3,(H,19,22,25)(H,20,21,23). The highest BCUT2D eigenvalue weighted by Crippen LogP contribution is 2.23. The van der Waals surface area contributed by atoms with E-state index in [-0.39, 0.29) is 17.6 Å². The third kappa shape index (κ3) is 3.02. The molecule has 1 aliphatic carbocycles. The molecule has 2 aromatic heterocycles. The summed E-state index contributed by atoms with van der Waals surface area (Å²) in [5.41, 5.74) is 3.35. The van der Waals surface area contributed by atoms with Crippen LogP contribution in [0.1, 0.15) is 23.4 Å². The highest BCUT2D eigenvalue weighted by Gasteiger charge is 2.27. The Morgan fingerprint density at radius 1 is 1.32 bits per heavy atom. The van der Waals surface area contributed by atoms with Gasteiger partial charge in [-0.05, 0) is 43.5 Å². The van der Waals surface area contributed by atoms with Crippen molar-refractivity contribution in [2.24, 2.45) is 5.92 Å². The molecule has 0 bridgehead atoms. The van der Waals surface area contributed by atoms with Gasteiger partial charge in [0.05, 0.1) is 17.1 Å². The van der Waals surface area contributed by atoms with Crippen LogP contribution in [0.15, 0.2) is 30.5 Å². The molecule has 0 fully saturated rings. The highest BCUT2D eigenvalue weighted by molar-refractivity contribution is 5.92. The van der Waals surface area contributed by atoms with Crippen molar-refractivity contribution in [1.29, 1.82) is 0 Å². The van der Waals surface area contributed by atoms with Gasteiger partial charge in [0.25, 0.3) is 0 Å². The lowest BCUT2D eigenvalue weighted by atomic mass is 9.89. The number of amides is 1. The average Bonchev–Trinajstić information content (AvgIpc) is 3.23. The molecule has 1 aromatic carbocycles.